The van der Waals surface area contributed by atoms with Gasteiger partial charge < -0.3 is 10.2 Å². The molecule has 4 heteroatoms. The number of nitrogens with zero attached hydrogens (tertiary/aromatic N) is 1. The summed E-state index contributed by atoms with van der Waals surface area (Å²) in [4.78, 5) is 1.74. The van der Waals surface area contributed by atoms with E-state index in [0.29, 0.717) is 24.8 Å². The molecule has 3 N–H and O–H groups in total. The Morgan fingerprint density at radius 3 is 2.67 bits per heavy atom. The fourth-order valence-corrected chi connectivity index (χ4v) is 1.63. The highest BCUT2D eigenvalue weighted by atomic mass is 15.2. The van der Waals surface area contributed by atoms with Crippen molar-refractivity contribution in [1.82, 2.24) is 10.2 Å². The average Bonchev–Trinajstić information content (AvgIpc) is 2.30. The summed E-state index contributed by atoms with van der Waals surface area (Å²) in [6, 6.07) is 9.56. The van der Waals surface area contributed by atoms with Crippen molar-refractivity contribution in [2.24, 2.45) is 0 Å². The minimum absolute atomic E-state index is 0.419. The van der Waals surface area contributed by atoms with E-state index < -0.39 is 0 Å². The first-order valence-corrected chi connectivity index (χ1v) is 4.98. The SMILES string of the molecule is N=C1CNCCN1C(=N)c1ccccc1. The van der Waals surface area contributed by atoms with Crippen molar-refractivity contribution >= 4 is 11.7 Å². The maximum absolute atomic E-state index is 8.01. The van der Waals surface area contributed by atoms with Crippen LogP contribution >= 0.6 is 0 Å². The molecule has 2 rings (SSSR count). The summed E-state index contributed by atoms with van der Waals surface area (Å²) in [6.07, 6.45) is 0. The van der Waals surface area contributed by atoms with Crippen molar-refractivity contribution in [3.8, 4) is 0 Å². The van der Waals surface area contributed by atoms with E-state index in [1.165, 1.54) is 0 Å². The molecular weight excluding hydrogens is 188 g/mol. The minimum atomic E-state index is 0.419. The number of hydrogen-bond donors (Lipinski definition) is 3. The van der Waals surface area contributed by atoms with Gasteiger partial charge in [-0.2, -0.15) is 0 Å². The van der Waals surface area contributed by atoms with Gasteiger partial charge in [0.1, 0.15) is 11.7 Å². The summed E-state index contributed by atoms with van der Waals surface area (Å²) in [5.74, 6) is 0.886. The molecule has 0 saturated carbocycles. The molecule has 0 unspecified atom stereocenters. The van der Waals surface area contributed by atoms with Gasteiger partial charge in [0.2, 0.25) is 0 Å². The van der Waals surface area contributed by atoms with Crippen LogP contribution in [0.5, 0.6) is 0 Å². The lowest BCUT2D eigenvalue weighted by molar-refractivity contribution is 0.512. The van der Waals surface area contributed by atoms with Crippen molar-refractivity contribution in [2.75, 3.05) is 19.6 Å². The molecule has 0 amide bonds. The first-order chi connectivity index (χ1) is 7.29. The second-order valence-corrected chi connectivity index (χ2v) is 3.49. The smallest absolute Gasteiger partial charge is 0.133 e. The van der Waals surface area contributed by atoms with Crippen LogP contribution in [0.15, 0.2) is 30.3 Å². The zero-order chi connectivity index (χ0) is 10.7. The normalized spacial score (nSPS) is 16.5. The lowest BCUT2D eigenvalue weighted by Gasteiger charge is -2.30. The maximum Gasteiger partial charge on any atom is 0.133 e. The number of nitrogens with one attached hydrogen (secondary N) is 3. The second kappa shape index (κ2) is 4.23. The van der Waals surface area contributed by atoms with Gasteiger partial charge in [-0.15, -0.1) is 0 Å². The van der Waals surface area contributed by atoms with Gasteiger partial charge in [-0.1, -0.05) is 30.3 Å². The van der Waals surface area contributed by atoms with E-state index in [1.807, 2.05) is 30.3 Å². The monoisotopic (exact) mass is 202 g/mol. The summed E-state index contributed by atoms with van der Waals surface area (Å²) < 4.78 is 0. The van der Waals surface area contributed by atoms with E-state index in [2.05, 4.69) is 5.32 Å². The third-order valence-corrected chi connectivity index (χ3v) is 2.45. The lowest BCUT2D eigenvalue weighted by atomic mass is 10.2. The quantitative estimate of drug-likeness (QED) is 0.468. The van der Waals surface area contributed by atoms with Crippen LogP contribution in [0, 0.1) is 10.8 Å². The molecule has 0 radical (unpaired) electrons. The first kappa shape index (κ1) is 9.86. The number of benzene rings is 1. The summed E-state index contributed by atoms with van der Waals surface area (Å²) >= 11 is 0. The molecular formula is C11H14N4. The van der Waals surface area contributed by atoms with E-state index in [-0.39, 0.29) is 0 Å². The van der Waals surface area contributed by atoms with Crippen LogP contribution in [0.25, 0.3) is 0 Å². The molecule has 0 atom stereocenters. The van der Waals surface area contributed by atoms with Crippen LogP contribution < -0.4 is 5.32 Å². The lowest BCUT2D eigenvalue weighted by Crippen LogP contribution is -2.50. The molecule has 1 fully saturated rings. The highest BCUT2D eigenvalue weighted by Gasteiger charge is 2.19. The summed E-state index contributed by atoms with van der Waals surface area (Å²) in [5, 5.41) is 18.9. The third-order valence-electron chi connectivity index (χ3n) is 2.45. The van der Waals surface area contributed by atoms with Crippen molar-refractivity contribution in [3.05, 3.63) is 35.9 Å². The standard InChI is InChI=1S/C11H14N4/c12-10-8-14-6-7-15(10)11(13)9-4-2-1-3-5-9/h1-5,12-14H,6-8H2. The summed E-state index contributed by atoms with van der Waals surface area (Å²) in [5.41, 5.74) is 0.865. The Morgan fingerprint density at radius 2 is 2.00 bits per heavy atom. The van der Waals surface area contributed by atoms with Crippen LogP contribution in [0.2, 0.25) is 0 Å². The number of hydrogen-bond acceptors (Lipinski definition) is 3. The molecule has 78 valence electrons. The maximum atomic E-state index is 8.01. The average molecular weight is 202 g/mol. The Labute approximate surface area is 88.9 Å². The van der Waals surface area contributed by atoms with E-state index in [1.54, 1.807) is 4.90 Å². The van der Waals surface area contributed by atoms with Gasteiger partial charge in [-0.05, 0) is 0 Å². The molecule has 0 bridgehead atoms. The summed E-state index contributed by atoms with van der Waals surface area (Å²) in [6.45, 7) is 2.08. The van der Waals surface area contributed by atoms with E-state index in [0.717, 1.165) is 12.1 Å². The van der Waals surface area contributed by atoms with Gasteiger partial charge in [0.25, 0.3) is 0 Å². The van der Waals surface area contributed by atoms with E-state index in [4.69, 9.17) is 10.8 Å². The van der Waals surface area contributed by atoms with Crippen molar-refractivity contribution in [1.29, 1.82) is 10.8 Å². The van der Waals surface area contributed by atoms with Gasteiger partial charge in [-0.25, -0.2) is 0 Å². The molecule has 1 aliphatic rings. The number of piperazine rings is 1. The Balaban J connectivity index is 2.17. The fraction of sp³-hybridized carbons (Fsp3) is 0.273. The van der Waals surface area contributed by atoms with E-state index >= 15 is 0 Å². The van der Waals surface area contributed by atoms with Crippen LogP contribution in [-0.2, 0) is 0 Å². The highest BCUT2D eigenvalue weighted by Crippen LogP contribution is 2.06. The van der Waals surface area contributed by atoms with Crippen molar-refractivity contribution in [3.63, 3.8) is 0 Å². The molecule has 1 saturated heterocycles. The summed E-state index contributed by atoms with van der Waals surface area (Å²) in [7, 11) is 0. The molecule has 1 heterocycles. The van der Waals surface area contributed by atoms with Gasteiger partial charge in [-0.3, -0.25) is 10.8 Å². The number of rotatable bonds is 1. The molecule has 0 aliphatic carbocycles. The zero-order valence-electron chi connectivity index (χ0n) is 8.46. The van der Waals surface area contributed by atoms with Crippen LogP contribution in [0.1, 0.15) is 5.56 Å². The Bertz CT molecular complexity index is 371. The van der Waals surface area contributed by atoms with Gasteiger partial charge in [0.05, 0.1) is 6.54 Å². The Morgan fingerprint density at radius 1 is 1.27 bits per heavy atom. The van der Waals surface area contributed by atoms with E-state index in [9.17, 15) is 0 Å². The predicted molar refractivity (Wildman–Crippen MR) is 60.6 cm³/mol. The van der Waals surface area contributed by atoms with Crippen molar-refractivity contribution < 1.29 is 0 Å². The fourth-order valence-electron chi connectivity index (χ4n) is 1.63. The van der Waals surface area contributed by atoms with Crippen LogP contribution in [0.4, 0.5) is 0 Å². The molecule has 1 aromatic rings. The third kappa shape index (κ3) is 2.05. The highest BCUT2D eigenvalue weighted by molar-refractivity contribution is 6.07. The Hall–Kier alpha value is -1.68. The largest absolute Gasteiger partial charge is 0.313 e. The molecule has 1 aromatic carbocycles. The molecule has 1 aliphatic heterocycles. The second-order valence-electron chi connectivity index (χ2n) is 3.49. The van der Waals surface area contributed by atoms with Crippen LogP contribution in [0.3, 0.4) is 0 Å². The molecule has 0 spiro atoms. The Kier molecular flexibility index (Phi) is 2.78. The van der Waals surface area contributed by atoms with Crippen LogP contribution in [-0.4, -0.2) is 36.2 Å². The zero-order valence-corrected chi connectivity index (χ0v) is 8.46. The van der Waals surface area contributed by atoms with Gasteiger partial charge in [0, 0.05) is 18.7 Å². The molecule has 4 nitrogen and oxygen atoms in total. The molecule has 15 heavy (non-hydrogen) atoms. The number of amidine groups is 2. The van der Waals surface area contributed by atoms with Crippen molar-refractivity contribution in [2.45, 2.75) is 0 Å². The van der Waals surface area contributed by atoms with Gasteiger partial charge >= 0.3 is 0 Å². The first-order valence-electron chi connectivity index (χ1n) is 4.98. The minimum Gasteiger partial charge on any atom is -0.313 e. The van der Waals surface area contributed by atoms with Gasteiger partial charge in [0.15, 0.2) is 0 Å². The molecule has 0 aromatic heterocycles. The predicted octanol–water partition coefficient (Wildman–Crippen LogP) is 0.894. The topological polar surface area (TPSA) is 63.0 Å².